The summed E-state index contributed by atoms with van der Waals surface area (Å²) < 4.78 is 10.3. The summed E-state index contributed by atoms with van der Waals surface area (Å²) >= 11 is 1.36. The molecule has 0 aliphatic heterocycles. The lowest BCUT2D eigenvalue weighted by Gasteiger charge is -2.09. The highest BCUT2D eigenvalue weighted by Crippen LogP contribution is 2.28. The third-order valence-corrected chi connectivity index (χ3v) is 4.93. The van der Waals surface area contributed by atoms with E-state index in [-0.39, 0.29) is 12.5 Å². The number of hydrogen-bond acceptors (Lipinski definition) is 6. The first-order valence-electron chi connectivity index (χ1n) is 8.90. The van der Waals surface area contributed by atoms with E-state index >= 15 is 0 Å². The maximum absolute atomic E-state index is 12.4. The van der Waals surface area contributed by atoms with Crippen molar-refractivity contribution in [2.24, 2.45) is 0 Å². The highest BCUT2D eigenvalue weighted by atomic mass is 32.2. The van der Waals surface area contributed by atoms with Crippen LogP contribution in [0.25, 0.3) is 0 Å². The third-order valence-electron chi connectivity index (χ3n) is 3.91. The number of aromatic nitrogens is 1. The Balaban J connectivity index is 1.54. The maximum atomic E-state index is 12.4. The molecule has 1 amide bonds. The van der Waals surface area contributed by atoms with Crippen molar-refractivity contribution in [1.82, 2.24) is 10.3 Å². The summed E-state index contributed by atoms with van der Waals surface area (Å²) in [5, 5.41) is 3.25. The van der Waals surface area contributed by atoms with Crippen molar-refractivity contribution >= 4 is 23.6 Å². The SMILES string of the molecule is COc1cccc(CNC(=O)COC(=O)c2cccnc2Sc2ccccc2)c1. The van der Waals surface area contributed by atoms with Crippen LogP contribution in [0.5, 0.6) is 5.75 Å². The normalized spacial score (nSPS) is 10.2. The van der Waals surface area contributed by atoms with Crippen molar-refractivity contribution in [2.45, 2.75) is 16.5 Å². The van der Waals surface area contributed by atoms with Crippen LogP contribution < -0.4 is 10.1 Å². The molecule has 0 atom stereocenters. The van der Waals surface area contributed by atoms with E-state index in [1.54, 1.807) is 25.4 Å². The number of ether oxygens (including phenoxy) is 2. The molecule has 0 saturated carbocycles. The van der Waals surface area contributed by atoms with Gasteiger partial charge in [-0.1, -0.05) is 42.1 Å². The van der Waals surface area contributed by atoms with Crippen LogP contribution >= 0.6 is 11.8 Å². The molecule has 29 heavy (non-hydrogen) atoms. The lowest BCUT2D eigenvalue weighted by Crippen LogP contribution is -2.28. The van der Waals surface area contributed by atoms with Crippen LogP contribution in [0, 0.1) is 0 Å². The average Bonchev–Trinajstić information content (AvgIpc) is 2.77. The molecule has 3 rings (SSSR count). The molecule has 6 nitrogen and oxygen atoms in total. The monoisotopic (exact) mass is 408 g/mol. The smallest absolute Gasteiger partial charge is 0.341 e. The van der Waals surface area contributed by atoms with E-state index in [0.29, 0.717) is 22.9 Å². The highest BCUT2D eigenvalue weighted by molar-refractivity contribution is 7.99. The molecule has 0 aliphatic carbocycles. The second kappa shape index (κ2) is 10.3. The molecule has 1 aromatic heterocycles. The fraction of sp³-hybridized carbons (Fsp3) is 0.136. The van der Waals surface area contributed by atoms with E-state index < -0.39 is 5.97 Å². The Morgan fingerprint density at radius 3 is 2.66 bits per heavy atom. The quantitative estimate of drug-likeness (QED) is 0.573. The molecule has 0 radical (unpaired) electrons. The second-order valence-corrected chi connectivity index (χ2v) is 7.04. The summed E-state index contributed by atoms with van der Waals surface area (Å²) in [7, 11) is 1.58. The zero-order chi connectivity index (χ0) is 20.5. The van der Waals surface area contributed by atoms with E-state index in [9.17, 15) is 9.59 Å². The predicted molar refractivity (Wildman–Crippen MR) is 110 cm³/mol. The molecule has 0 unspecified atom stereocenters. The van der Waals surface area contributed by atoms with Crippen molar-refractivity contribution in [3.05, 3.63) is 84.1 Å². The van der Waals surface area contributed by atoms with Gasteiger partial charge in [0.15, 0.2) is 6.61 Å². The van der Waals surface area contributed by atoms with Gasteiger partial charge in [-0.05, 0) is 42.0 Å². The van der Waals surface area contributed by atoms with Crippen LogP contribution in [-0.2, 0) is 16.1 Å². The number of methoxy groups -OCH3 is 1. The summed E-state index contributed by atoms with van der Waals surface area (Å²) in [6, 6.07) is 20.3. The fourth-order valence-electron chi connectivity index (χ4n) is 2.47. The van der Waals surface area contributed by atoms with Crippen LogP contribution in [0.2, 0.25) is 0 Å². The number of benzene rings is 2. The predicted octanol–water partition coefficient (Wildman–Crippen LogP) is 3.71. The zero-order valence-electron chi connectivity index (χ0n) is 15.8. The Bertz CT molecular complexity index is 979. The Morgan fingerprint density at radius 2 is 1.86 bits per heavy atom. The number of carbonyl (C=O) groups excluding carboxylic acids is 2. The number of rotatable bonds is 8. The minimum Gasteiger partial charge on any atom is -0.497 e. The Morgan fingerprint density at radius 1 is 1.03 bits per heavy atom. The molecular formula is C22H20N2O4S. The topological polar surface area (TPSA) is 77.5 Å². The van der Waals surface area contributed by atoms with Crippen molar-refractivity contribution in [3.63, 3.8) is 0 Å². The van der Waals surface area contributed by atoms with Crippen LogP contribution in [0.1, 0.15) is 15.9 Å². The van der Waals surface area contributed by atoms with Gasteiger partial charge in [-0.15, -0.1) is 0 Å². The Labute approximate surface area is 173 Å². The van der Waals surface area contributed by atoms with E-state index in [0.717, 1.165) is 10.5 Å². The average molecular weight is 408 g/mol. The van der Waals surface area contributed by atoms with Gasteiger partial charge in [-0.2, -0.15) is 0 Å². The van der Waals surface area contributed by atoms with Gasteiger partial charge in [-0.25, -0.2) is 9.78 Å². The summed E-state index contributed by atoms with van der Waals surface area (Å²) in [4.78, 5) is 29.7. The molecular weight excluding hydrogens is 388 g/mol. The Hall–Kier alpha value is -3.32. The van der Waals surface area contributed by atoms with Crippen molar-refractivity contribution in [1.29, 1.82) is 0 Å². The number of nitrogens with one attached hydrogen (secondary N) is 1. The minimum absolute atomic E-state index is 0.315. The lowest BCUT2D eigenvalue weighted by atomic mass is 10.2. The van der Waals surface area contributed by atoms with Gasteiger partial charge in [0.25, 0.3) is 5.91 Å². The van der Waals surface area contributed by atoms with Gasteiger partial charge >= 0.3 is 5.97 Å². The van der Waals surface area contributed by atoms with Crippen molar-refractivity contribution < 1.29 is 19.1 Å². The number of amides is 1. The first-order chi connectivity index (χ1) is 14.2. The van der Waals surface area contributed by atoms with Gasteiger partial charge in [0.2, 0.25) is 0 Å². The summed E-state index contributed by atoms with van der Waals surface area (Å²) in [6.45, 7) is -0.0529. The van der Waals surface area contributed by atoms with E-state index in [1.807, 2.05) is 54.6 Å². The first kappa shape index (κ1) is 20.4. The molecule has 2 aromatic carbocycles. The summed E-state index contributed by atoms with van der Waals surface area (Å²) in [6.07, 6.45) is 1.61. The lowest BCUT2D eigenvalue weighted by molar-refractivity contribution is -0.124. The number of nitrogens with zero attached hydrogens (tertiary/aromatic N) is 1. The fourth-order valence-corrected chi connectivity index (χ4v) is 3.36. The molecule has 1 heterocycles. The molecule has 148 valence electrons. The zero-order valence-corrected chi connectivity index (χ0v) is 16.6. The Kier molecular flexibility index (Phi) is 7.24. The minimum atomic E-state index is -0.590. The van der Waals surface area contributed by atoms with Gasteiger partial charge in [0.1, 0.15) is 10.8 Å². The van der Waals surface area contributed by atoms with Crippen LogP contribution in [0.3, 0.4) is 0 Å². The van der Waals surface area contributed by atoms with Crippen molar-refractivity contribution in [2.75, 3.05) is 13.7 Å². The first-order valence-corrected chi connectivity index (χ1v) is 9.72. The largest absolute Gasteiger partial charge is 0.497 e. The van der Waals surface area contributed by atoms with Gasteiger partial charge in [0, 0.05) is 17.6 Å². The molecule has 7 heteroatoms. The van der Waals surface area contributed by atoms with Crippen molar-refractivity contribution in [3.8, 4) is 5.75 Å². The number of carbonyl (C=O) groups is 2. The number of hydrogen-bond donors (Lipinski definition) is 1. The molecule has 0 spiro atoms. The van der Waals surface area contributed by atoms with E-state index in [1.165, 1.54) is 11.8 Å². The van der Waals surface area contributed by atoms with Gasteiger partial charge in [0.05, 0.1) is 12.7 Å². The molecule has 0 fully saturated rings. The number of pyridine rings is 1. The molecule has 3 aromatic rings. The second-order valence-electron chi connectivity index (χ2n) is 5.98. The maximum Gasteiger partial charge on any atom is 0.341 e. The van der Waals surface area contributed by atoms with Gasteiger partial charge in [-0.3, -0.25) is 4.79 Å². The van der Waals surface area contributed by atoms with E-state index in [4.69, 9.17) is 9.47 Å². The molecule has 0 bridgehead atoms. The van der Waals surface area contributed by atoms with Crippen LogP contribution in [0.15, 0.2) is 82.8 Å². The highest BCUT2D eigenvalue weighted by Gasteiger charge is 2.16. The summed E-state index contributed by atoms with van der Waals surface area (Å²) in [5.74, 6) is -0.265. The van der Waals surface area contributed by atoms with Crippen LogP contribution in [-0.4, -0.2) is 30.6 Å². The standard InChI is InChI=1S/C22H20N2O4S/c1-27-17-8-5-7-16(13-17)14-24-20(25)15-28-22(26)19-11-6-12-23-21(19)29-18-9-3-2-4-10-18/h2-13H,14-15H2,1H3,(H,24,25). The molecule has 0 aliphatic rings. The van der Waals surface area contributed by atoms with E-state index in [2.05, 4.69) is 10.3 Å². The van der Waals surface area contributed by atoms with Gasteiger partial charge < -0.3 is 14.8 Å². The summed E-state index contributed by atoms with van der Waals surface area (Å²) in [5.41, 5.74) is 1.21. The molecule has 0 saturated heterocycles. The van der Waals surface area contributed by atoms with Crippen LogP contribution in [0.4, 0.5) is 0 Å². The third kappa shape index (κ3) is 6.08. The molecule has 1 N–H and O–H groups in total. The number of esters is 1.